The maximum atomic E-state index is 11.5. The van der Waals surface area contributed by atoms with Crippen molar-refractivity contribution in [2.24, 2.45) is 5.73 Å². The van der Waals surface area contributed by atoms with Crippen LogP contribution < -0.4 is 5.73 Å². The van der Waals surface area contributed by atoms with E-state index in [4.69, 9.17) is 5.73 Å². The van der Waals surface area contributed by atoms with Crippen LogP contribution in [0.2, 0.25) is 0 Å². The van der Waals surface area contributed by atoms with Crippen LogP contribution in [0, 0.1) is 0 Å². The number of aryl methyl sites for hydroxylation is 1. The molecule has 0 unspecified atom stereocenters. The molecule has 2 rings (SSSR count). The molecule has 4 nitrogen and oxygen atoms in total. The Morgan fingerprint density at radius 1 is 1.11 bits per heavy atom. The van der Waals surface area contributed by atoms with Crippen LogP contribution in [0.25, 0.3) is 11.1 Å². The first-order valence-corrected chi connectivity index (χ1v) is 6.41. The SMILES string of the molecule is CCc1ncccc1-c1ccnc(C(N)=O)c1CC. The zero-order chi connectivity index (χ0) is 13.8. The van der Waals surface area contributed by atoms with Crippen LogP contribution in [0.1, 0.15) is 35.6 Å². The molecule has 0 spiro atoms. The summed E-state index contributed by atoms with van der Waals surface area (Å²) in [5, 5.41) is 0. The van der Waals surface area contributed by atoms with Gasteiger partial charge in [0.05, 0.1) is 0 Å². The molecule has 0 radical (unpaired) electrons. The summed E-state index contributed by atoms with van der Waals surface area (Å²) in [5.41, 5.74) is 9.69. The first-order chi connectivity index (χ1) is 9.19. The molecule has 0 aliphatic rings. The summed E-state index contributed by atoms with van der Waals surface area (Å²) in [6.45, 7) is 4.06. The minimum Gasteiger partial charge on any atom is -0.364 e. The molecule has 4 heteroatoms. The maximum absolute atomic E-state index is 11.5. The van der Waals surface area contributed by atoms with Gasteiger partial charge in [0.25, 0.3) is 5.91 Å². The lowest BCUT2D eigenvalue weighted by Crippen LogP contribution is -2.16. The fraction of sp³-hybridized carbons (Fsp3) is 0.267. The number of rotatable bonds is 4. The first-order valence-electron chi connectivity index (χ1n) is 6.41. The van der Waals surface area contributed by atoms with Crippen molar-refractivity contribution in [3.63, 3.8) is 0 Å². The van der Waals surface area contributed by atoms with E-state index in [0.29, 0.717) is 12.1 Å². The lowest BCUT2D eigenvalue weighted by atomic mass is 9.95. The van der Waals surface area contributed by atoms with Gasteiger partial charge >= 0.3 is 0 Å². The van der Waals surface area contributed by atoms with Crippen molar-refractivity contribution in [1.29, 1.82) is 0 Å². The number of nitrogens with zero attached hydrogens (tertiary/aromatic N) is 2. The molecule has 19 heavy (non-hydrogen) atoms. The summed E-state index contributed by atoms with van der Waals surface area (Å²) in [7, 11) is 0. The number of aromatic nitrogens is 2. The zero-order valence-corrected chi connectivity index (χ0v) is 11.2. The molecule has 0 fully saturated rings. The summed E-state index contributed by atoms with van der Waals surface area (Å²) in [4.78, 5) is 19.9. The zero-order valence-electron chi connectivity index (χ0n) is 11.2. The molecule has 0 aliphatic carbocycles. The lowest BCUT2D eigenvalue weighted by Gasteiger charge is -2.13. The fourth-order valence-corrected chi connectivity index (χ4v) is 2.28. The minimum absolute atomic E-state index is 0.353. The molecular weight excluding hydrogens is 238 g/mol. The van der Waals surface area contributed by atoms with Gasteiger partial charge in [-0.2, -0.15) is 0 Å². The Morgan fingerprint density at radius 3 is 2.53 bits per heavy atom. The molecule has 0 atom stereocenters. The molecule has 2 N–H and O–H groups in total. The molecule has 98 valence electrons. The number of hydrogen-bond acceptors (Lipinski definition) is 3. The van der Waals surface area contributed by atoms with Crippen LogP contribution in [0.5, 0.6) is 0 Å². The van der Waals surface area contributed by atoms with Gasteiger partial charge in [0.2, 0.25) is 0 Å². The van der Waals surface area contributed by atoms with Gasteiger partial charge in [-0.15, -0.1) is 0 Å². The maximum Gasteiger partial charge on any atom is 0.267 e. The van der Waals surface area contributed by atoms with Crippen LogP contribution >= 0.6 is 0 Å². The van der Waals surface area contributed by atoms with E-state index in [1.165, 1.54) is 0 Å². The van der Waals surface area contributed by atoms with Crippen LogP contribution in [-0.4, -0.2) is 15.9 Å². The third-order valence-electron chi connectivity index (χ3n) is 3.16. The molecule has 1 amide bonds. The highest BCUT2D eigenvalue weighted by molar-refractivity contribution is 5.94. The van der Waals surface area contributed by atoms with Crippen molar-refractivity contribution < 1.29 is 4.79 Å². The van der Waals surface area contributed by atoms with Gasteiger partial charge in [-0.25, -0.2) is 0 Å². The van der Waals surface area contributed by atoms with Gasteiger partial charge < -0.3 is 5.73 Å². The van der Waals surface area contributed by atoms with E-state index in [2.05, 4.69) is 16.9 Å². The monoisotopic (exact) mass is 255 g/mol. The number of nitrogens with two attached hydrogens (primary N) is 1. The predicted molar refractivity (Wildman–Crippen MR) is 74.7 cm³/mol. The van der Waals surface area contributed by atoms with E-state index < -0.39 is 5.91 Å². The van der Waals surface area contributed by atoms with E-state index in [0.717, 1.165) is 28.8 Å². The Labute approximate surface area is 112 Å². The Kier molecular flexibility index (Phi) is 3.90. The average Bonchev–Trinajstić information content (AvgIpc) is 2.46. The van der Waals surface area contributed by atoms with Crippen molar-refractivity contribution >= 4 is 5.91 Å². The molecule has 2 heterocycles. The Balaban J connectivity index is 2.68. The molecule has 0 bridgehead atoms. The molecule has 2 aromatic heterocycles. The van der Waals surface area contributed by atoms with Gasteiger partial charge in [-0.1, -0.05) is 19.9 Å². The standard InChI is InChI=1S/C15H17N3O/c1-3-10-11(7-9-18-14(10)15(16)19)12-6-5-8-17-13(12)4-2/h5-9H,3-4H2,1-2H3,(H2,16,19). The van der Waals surface area contributed by atoms with Gasteiger partial charge in [0.1, 0.15) is 5.69 Å². The van der Waals surface area contributed by atoms with Gasteiger partial charge in [0.15, 0.2) is 0 Å². The summed E-state index contributed by atoms with van der Waals surface area (Å²) in [5.74, 6) is -0.486. The van der Waals surface area contributed by atoms with Crippen molar-refractivity contribution in [3.05, 3.63) is 47.5 Å². The molecular formula is C15H17N3O. The second-order valence-corrected chi connectivity index (χ2v) is 4.25. The van der Waals surface area contributed by atoms with Gasteiger partial charge in [-0.3, -0.25) is 14.8 Å². The highest BCUT2D eigenvalue weighted by Crippen LogP contribution is 2.28. The summed E-state index contributed by atoms with van der Waals surface area (Å²) in [6, 6.07) is 5.84. The molecule has 0 saturated heterocycles. The number of pyridine rings is 2. The molecule has 0 aromatic carbocycles. The second-order valence-electron chi connectivity index (χ2n) is 4.25. The molecule has 0 saturated carbocycles. The number of amides is 1. The Morgan fingerprint density at radius 2 is 1.89 bits per heavy atom. The highest BCUT2D eigenvalue weighted by Gasteiger charge is 2.15. The van der Waals surface area contributed by atoms with Crippen LogP contribution in [0.15, 0.2) is 30.6 Å². The minimum atomic E-state index is -0.486. The van der Waals surface area contributed by atoms with Crippen molar-refractivity contribution in [2.75, 3.05) is 0 Å². The quantitative estimate of drug-likeness (QED) is 0.911. The van der Waals surface area contributed by atoms with Crippen LogP contribution in [0.3, 0.4) is 0 Å². The largest absolute Gasteiger partial charge is 0.364 e. The van der Waals surface area contributed by atoms with Gasteiger partial charge in [0, 0.05) is 23.7 Å². The Bertz CT molecular complexity index is 608. The summed E-state index contributed by atoms with van der Waals surface area (Å²) < 4.78 is 0. The Hall–Kier alpha value is -2.23. The molecule has 2 aromatic rings. The third kappa shape index (κ3) is 2.47. The van der Waals surface area contributed by atoms with Crippen molar-refractivity contribution in [1.82, 2.24) is 9.97 Å². The normalized spacial score (nSPS) is 10.4. The average molecular weight is 255 g/mol. The smallest absolute Gasteiger partial charge is 0.267 e. The summed E-state index contributed by atoms with van der Waals surface area (Å²) in [6.07, 6.45) is 4.96. The number of carbonyl (C=O) groups excluding carboxylic acids is 1. The second kappa shape index (κ2) is 5.61. The highest BCUT2D eigenvalue weighted by atomic mass is 16.1. The number of primary amides is 1. The summed E-state index contributed by atoms with van der Waals surface area (Å²) >= 11 is 0. The van der Waals surface area contributed by atoms with Crippen molar-refractivity contribution in [2.45, 2.75) is 26.7 Å². The predicted octanol–water partition coefficient (Wildman–Crippen LogP) is 2.37. The van der Waals surface area contributed by atoms with E-state index >= 15 is 0 Å². The molecule has 0 aliphatic heterocycles. The number of carbonyl (C=O) groups is 1. The first kappa shape index (κ1) is 13.2. The topological polar surface area (TPSA) is 68.9 Å². The van der Waals surface area contributed by atoms with E-state index in [-0.39, 0.29) is 0 Å². The van der Waals surface area contributed by atoms with E-state index in [9.17, 15) is 4.79 Å². The van der Waals surface area contributed by atoms with Gasteiger partial charge in [-0.05, 0) is 36.1 Å². The fourth-order valence-electron chi connectivity index (χ4n) is 2.28. The number of hydrogen-bond donors (Lipinski definition) is 1. The third-order valence-corrected chi connectivity index (χ3v) is 3.16. The van der Waals surface area contributed by atoms with E-state index in [1.807, 2.05) is 25.1 Å². The lowest BCUT2D eigenvalue weighted by molar-refractivity contribution is 0.0994. The van der Waals surface area contributed by atoms with Crippen molar-refractivity contribution in [3.8, 4) is 11.1 Å². The van der Waals surface area contributed by atoms with E-state index in [1.54, 1.807) is 12.4 Å². The van der Waals surface area contributed by atoms with Crippen LogP contribution in [-0.2, 0) is 12.8 Å². The van der Waals surface area contributed by atoms with Crippen LogP contribution in [0.4, 0.5) is 0 Å².